The predicted molar refractivity (Wildman–Crippen MR) is 91.0 cm³/mol. The number of carbonyl (C=O) groups excluding carboxylic acids is 1. The Balaban J connectivity index is 2.43. The minimum absolute atomic E-state index is 0.386. The van der Waals surface area contributed by atoms with E-state index in [2.05, 4.69) is 21.9 Å². The Bertz CT molecular complexity index is 717. The first-order valence-corrected chi connectivity index (χ1v) is 6.96. The summed E-state index contributed by atoms with van der Waals surface area (Å²) in [7, 11) is 3.12. The molecule has 0 atom stereocenters. The quantitative estimate of drug-likeness (QED) is 0.624. The average Bonchev–Trinajstić information content (AvgIpc) is 2.59. The first-order valence-electron chi connectivity index (χ1n) is 6.96. The number of anilines is 4. The van der Waals surface area contributed by atoms with Crippen LogP contribution in [-0.4, -0.2) is 36.6 Å². The van der Waals surface area contributed by atoms with Crippen LogP contribution in [-0.2, 0) is 4.74 Å². The number of nitrogens with two attached hydrogens (primary N) is 1. The Morgan fingerprint density at radius 1 is 1.43 bits per heavy atom. The second kappa shape index (κ2) is 7.26. The van der Waals surface area contributed by atoms with Gasteiger partial charge in [-0.1, -0.05) is 18.2 Å². The van der Waals surface area contributed by atoms with E-state index < -0.39 is 5.97 Å². The zero-order chi connectivity index (χ0) is 16.8. The molecule has 7 heteroatoms. The van der Waals surface area contributed by atoms with Crippen molar-refractivity contribution in [3.8, 4) is 0 Å². The molecule has 0 fully saturated rings. The van der Waals surface area contributed by atoms with Gasteiger partial charge in [-0.05, 0) is 12.1 Å². The summed E-state index contributed by atoms with van der Waals surface area (Å²) in [5.41, 5.74) is 7.59. The molecule has 120 valence electrons. The van der Waals surface area contributed by atoms with Gasteiger partial charge in [-0.25, -0.2) is 14.8 Å². The lowest BCUT2D eigenvalue weighted by molar-refractivity contribution is 0.0601. The van der Waals surface area contributed by atoms with Gasteiger partial charge in [0, 0.05) is 13.6 Å². The van der Waals surface area contributed by atoms with Gasteiger partial charge in [-0.2, -0.15) is 0 Å². The smallest absolute Gasteiger partial charge is 0.339 e. The van der Waals surface area contributed by atoms with Crippen molar-refractivity contribution >= 4 is 29.0 Å². The molecule has 0 amide bonds. The van der Waals surface area contributed by atoms with Crippen LogP contribution in [0.4, 0.5) is 23.0 Å². The third-order valence-corrected chi connectivity index (χ3v) is 3.27. The van der Waals surface area contributed by atoms with Crippen LogP contribution >= 0.6 is 0 Å². The molecule has 1 heterocycles. The van der Waals surface area contributed by atoms with Crippen LogP contribution in [0.15, 0.2) is 43.2 Å². The molecule has 2 rings (SSSR count). The van der Waals surface area contributed by atoms with E-state index in [4.69, 9.17) is 10.5 Å². The molecule has 23 heavy (non-hydrogen) atoms. The molecule has 0 spiro atoms. The number of ether oxygens (including phenoxy) is 1. The molecule has 1 aromatic carbocycles. The molecule has 0 radical (unpaired) electrons. The van der Waals surface area contributed by atoms with E-state index in [-0.39, 0.29) is 0 Å². The second-order valence-corrected chi connectivity index (χ2v) is 4.70. The molecule has 1 aromatic heterocycles. The maximum absolute atomic E-state index is 11.9. The molecule has 7 nitrogen and oxygen atoms in total. The highest BCUT2D eigenvalue weighted by Crippen LogP contribution is 2.32. The predicted octanol–water partition coefficient (Wildman–Crippen LogP) is 2.21. The van der Waals surface area contributed by atoms with Gasteiger partial charge in [0.05, 0.1) is 18.4 Å². The van der Waals surface area contributed by atoms with E-state index in [1.807, 2.05) is 6.07 Å². The summed E-state index contributed by atoms with van der Waals surface area (Å²) in [5, 5.41) is 3.05. The van der Waals surface area contributed by atoms with Crippen molar-refractivity contribution in [1.29, 1.82) is 0 Å². The fourth-order valence-electron chi connectivity index (χ4n) is 2.13. The standard InChI is InChI=1S/C16H19N5O2/c1-4-9-18-14-13(17)15(20-10-19-14)21(2)12-8-6-5-7-11(12)16(22)23-3/h4-8,10H,1,9,17H2,2-3H3,(H,18,19,20). The first-order chi connectivity index (χ1) is 11.1. The van der Waals surface area contributed by atoms with Crippen LogP contribution in [0.5, 0.6) is 0 Å². The van der Waals surface area contributed by atoms with Gasteiger partial charge in [0.2, 0.25) is 0 Å². The summed E-state index contributed by atoms with van der Waals surface area (Å²) in [5.74, 6) is 0.574. The lowest BCUT2D eigenvalue weighted by Crippen LogP contribution is -2.18. The van der Waals surface area contributed by atoms with Gasteiger partial charge in [0.25, 0.3) is 0 Å². The van der Waals surface area contributed by atoms with Gasteiger partial charge in [-0.15, -0.1) is 6.58 Å². The van der Waals surface area contributed by atoms with Gasteiger partial charge >= 0.3 is 5.97 Å². The van der Waals surface area contributed by atoms with Crippen molar-refractivity contribution in [1.82, 2.24) is 9.97 Å². The van der Waals surface area contributed by atoms with Crippen molar-refractivity contribution in [3.05, 3.63) is 48.8 Å². The largest absolute Gasteiger partial charge is 0.465 e. The number of nitrogens with zero attached hydrogens (tertiary/aromatic N) is 3. The van der Waals surface area contributed by atoms with Crippen LogP contribution in [0, 0.1) is 0 Å². The minimum atomic E-state index is -0.426. The number of para-hydroxylation sites is 1. The molecule has 0 saturated carbocycles. The van der Waals surface area contributed by atoms with Crippen molar-refractivity contribution in [3.63, 3.8) is 0 Å². The summed E-state index contributed by atoms with van der Waals surface area (Å²) in [6, 6.07) is 7.08. The summed E-state index contributed by atoms with van der Waals surface area (Å²) in [4.78, 5) is 22.0. The highest BCUT2D eigenvalue weighted by Gasteiger charge is 2.19. The zero-order valence-corrected chi connectivity index (χ0v) is 13.1. The number of aromatic nitrogens is 2. The fraction of sp³-hybridized carbons (Fsp3) is 0.188. The summed E-state index contributed by atoms with van der Waals surface area (Å²) in [6.45, 7) is 4.17. The number of carbonyl (C=O) groups is 1. The number of nitrogens with one attached hydrogen (secondary N) is 1. The van der Waals surface area contributed by atoms with Crippen LogP contribution < -0.4 is 16.0 Å². The zero-order valence-electron chi connectivity index (χ0n) is 13.1. The van der Waals surface area contributed by atoms with Crippen LogP contribution in [0.1, 0.15) is 10.4 Å². The number of methoxy groups -OCH3 is 1. The normalized spacial score (nSPS) is 10.0. The summed E-state index contributed by atoms with van der Waals surface area (Å²) < 4.78 is 4.82. The third kappa shape index (κ3) is 3.39. The highest BCUT2D eigenvalue weighted by molar-refractivity contribution is 5.97. The Kier molecular flexibility index (Phi) is 5.14. The third-order valence-electron chi connectivity index (χ3n) is 3.27. The van der Waals surface area contributed by atoms with Crippen molar-refractivity contribution < 1.29 is 9.53 Å². The number of benzene rings is 1. The topological polar surface area (TPSA) is 93.4 Å². The summed E-state index contributed by atoms with van der Waals surface area (Å²) >= 11 is 0. The Morgan fingerprint density at radius 3 is 2.87 bits per heavy atom. The average molecular weight is 313 g/mol. The lowest BCUT2D eigenvalue weighted by atomic mass is 10.1. The second-order valence-electron chi connectivity index (χ2n) is 4.70. The Hall–Kier alpha value is -3.09. The molecule has 0 aliphatic rings. The molecule has 3 N–H and O–H groups in total. The fourth-order valence-corrected chi connectivity index (χ4v) is 2.13. The molecule has 0 unspecified atom stereocenters. The Labute approximate surface area is 134 Å². The molecule has 0 aliphatic carbocycles. The van der Waals surface area contributed by atoms with Crippen molar-refractivity contribution in [2.75, 3.05) is 36.7 Å². The van der Waals surface area contributed by atoms with Gasteiger partial charge in [0.15, 0.2) is 11.6 Å². The van der Waals surface area contributed by atoms with E-state index in [0.29, 0.717) is 35.1 Å². The maximum atomic E-state index is 11.9. The van der Waals surface area contributed by atoms with E-state index in [1.54, 1.807) is 36.2 Å². The molecular formula is C16H19N5O2. The van der Waals surface area contributed by atoms with Gasteiger partial charge < -0.3 is 20.7 Å². The Morgan fingerprint density at radius 2 is 2.17 bits per heavy atom. The van der Waals surface area contributed by atoms with E-state index in [9.17, 15) is 4.79 Å². The monoisotopic (exact) mass is 313 g/mol. The summed E-state index contributed by atoms with van der Waals surface area (Å²) in [6.07, 6.45) is 3.12. The molecule has 0 saturated heterocycles. The van der Waals surface area contributed by atoms with Crippen molar-refractivity contribution in [2.24, 2.45) is 0 Å². The van der Waals surface area contributed by atoms with Gasteiger partial charge in [0.1, 0.15) is 12.0 Å². The molecule has 0 aliphatic heterocycles. The van der Waals surface area contributed by atoms with E-state index in [0.717, 1.165) is 0 Å². The molecule has 0 bridgehead atoms. The minimum Gasteiger partial charge on any atom is -0.465 e. The highest BCUT2D eigenvalue weighted by atomic mass is 16.5. The number of esters is 1. The van der Waals surface area contributed by atoms with Gasteiger partial charge in [-0.3, -0.25) is 0 Å². The number of nitrogen functional groups attached to an aromatic ring is 1. The number of rotatable bonds is 6. The van der Waals surface area contributed by atoms with Crippen LogP contribution in [0.25, 0.3) is 0 Å². The molecular weight excluding hydrogens is 294 g/mol. The first kappa shape index (κ1) is 16.3. The maximum Gasteiger partial charge on any atom is 0.339 e. The van der Waals surface area contributed by atoms with Crippen LogP contribution in [0.3, 0.4) is 0 Å². The van der Waals surface area contributed by atoms with E-state index >= 15 is 0 Å². The lowest BCUT2D eigenvalue weighted by Gasteiger charge is -2.22. The SMILES string of the molecule is C=CCNc1ncnc(N(C)c2ccccc2C(=O)OC)c1N. The van der Waals surface area contributed by atoms with E-state index in [1.165, 1.54) is 13.4 Å². The van der Waals surface area contributed by atoms with Crippen molar-refractivity contribution in [2.45, 2.75) is 0 Å². The molecule has 2 aromatic rings. The number of hydrogen-bond donors (Lipinski definition) is 2. The van der Waals surface area contributed by atoms with Crippen LogP contribution in [0.2, 0.25) is 0 Å². The number of hydrogen-bond acceptors (Lipinski definition) is 7.